The van der Waals surface area contributed by atoms with Crippen molar-refractivity contribution in [2.24, 2.45) is 5.92 Å². The standard InChI is InChI=1S/C10H11ClN2/c11-10-4-3-8(7-13-10)1-2-9-5-12-6-9/h1-4,7,9,12H,5-6H2/b2-1+. The maximum Gasteiger partial charge on any atom is 0.129 e. The number of rotatable bonds is 2. The van der Waals surface area contributed by atoms with Crippen molar-refractivity contribution < 1.29 is 0 Å². The van der Waals surface area contributed by atoms with Gasteiger partial charge in [0.05, 0.1) is 0 Å². The van der Waals surface area contributed by atoms with E-state index in [0.717, 1.165) is 18.7 Å². The molecule has 0 aliphatic carbocycles. The van der Waals surface area contributed by atoms with Crippen LogP contribution >= 0.6 is 11.6 Å². The van der Waals surface area contributed by atoms with Gasteiger partial charge in [-0.15, -0.1) is 0 Å². The zero-order valence-corrected chi connectivity index (χ0v) is 7.96. The van der Waals surface area contributed by atoms with Gasteiger partial charge < -0.3 is 5.32 Å². The molecule has 1 aromatic heterocycles. The van der Waals surface area contributed by atoms with Crippen LogP contribution in [-0.2, 0) is 0 Å². The average Bonchev–Trinajstić information content (AvgIpc) is 2.05. The summed E-state index contributed by atoms with van der Waals surface area (Å²) in [5.74, 6) is 0.690. The van der Waals surface area contributed by atoms with Crippen LogP contribution in [0.5, 0.6) is 0 Å². The Morgan fingerprint density at radius 1 is 1.46 bits per heavy atom. The molecule has 13 heavy (non-hydrogen) atoms. The van der Waals surface area contributed by atoms with Gasteiger partial charge in [-0.1, -0.05) is 29.8 Å². The highest BCUT2D eigenvalue weighted by Gasteiger charge is 2.11. The van der Waals surface area contributed by atoms with E-state index in [0.29, 0.717) is 11.1 Å². The predicted octanol–water partition coefficient (Wildman–Crippen LogP) is 1.97. The molecule has 1 saturated heterocycles. The van der Waals surface area contributed by atoms with Crippen molar-refractivity contribution in [1.29, 1.82) is 0 Å². The predicted molar refractivity (Wildman–Crippen MR) is 54.6 cm³/mol. The highest BCUT2D eigenvalue weighted by molar-refractivity contribution is 6.29. The van der Waals surface area contributed by atoms with Crippen LogP contribution in [0.25, 0.3) is 6.08 Å². The normalized spacial score (nSPS) is 17.6. The zero-order chi connectivity index (χ0) is 9.10. The molecule has 3 heteroatoms. The summed E-state index contributed by atoms with van der Waals surface area (Å²) in [4.78, 5) is 4.00. The van der Waals surface area contributed by atoms with Crippen LogP contribution in [0.4, 0.5) is 0 Å². The van der Waals surface area contributed by atoms with Gasteiger partial charge in [-0.25, -0.2) is 4.98 Å². The molecular formula is C10H11ClN2. The number of nitrogens with one attached hydrogen (secondary N) is 1. The molecular weight excluding hydrogens is 184 g/mol. The highest BCUT2D eigenvalue weighted by atomic mass is 35.5. The van der Waals surface area contributed by atoms with E-state index in [-0.39, 0.29) is 0 Å². The third-order valence-electron chi connectivity index (χ3n) is 2.12. The van der Waals surface area contributed by atoms with E-state index >= 15 is 0 Å². The van der Waals surface area contributed by atoms with Gasteiger partial charge in [0.25, 0.3) is 0 Å². The second-order valence-electron chi connectivity index (χ2n) is 3.19. The lowest BCUT2D eigenvalue weighted by Gasteiger charge is -2.23. The van der Waals surface area contributed by atoms with Crippen molar-refractivity contribution >= 4 is 17.7 Å². The van der Waals surface area contributed by atoms with Crippen LogP contribution in [0.1, 0.15) is 5.56 Å². The van der Waals surface area contributed by atoms with Gasteiger partial charge in [0, 0.05) is 25.2 Å². The summed E-state index contributed by atoms with van der Waals surface area (Å²) >= 11 is 5.67. The quantitative estimate of drug-likeness (QED) is 0.729. The molecule has 1 aliphatic heterocycles. The van der Waals surface area contributed by atoms with Crippen LogP contribution < -0.4 is 5.32 Å². The Balaban J connectivity index is 2.00. The molecule has 0 atom stereocenters. The lowest BCUT2D eigenvalue weighted by atomic mass is 10.0. The number of aromatic nitrogens is 1. The SMILES string of the molecule is Clc1ccc(/C=C/C2CNC2)cn1. The molecule has 1 N–H and O–H groups in total. The Morgan fingerprint density at radius 2 is 2.31 bits per heavy atom. The number of pyridine rings is 1. The molecule has 0 aromatic carbocycles. The summed E-state index contributed by atoms with van der Waals surface area (Å²) in [5.41, 5.74) is 1.11. The molecule has 2 nitrogen and oxygen atoms in total. The molecule has 0 radical (unpaired) electrons. The fraction of sp³-hybridized carbons (Fsp3) is 0.300. The Labute approximate surface area is 82.6 Å². The maximum absolute atomic E-state index is 5.67. The van der Waals surface area contributed by atoms with E-state index < -0.39 is 0 Å². The fourth-order valence-electron chi connectivity index (χ4n) is 1.18. The third-order valence-corrected chi connectivity index (χ3v) is 2.35. The number of halogens is 1. The Morgan fingerprint density at radius 3 is 2.85 bits per heavy atom. The van der Waals surface area contributed by atoms with Crippen LogP contribution in [0, 0.1) is 5.92 Å². The minimum atomic E-state index is 0.544. The average molecular weight is 195 g/mol. The Hall–Kier alpha value is -0.860. The van der Waals surface area contributed by atoms with Gasteiger partial charge in [0.1, 0.15) is 5.15 Å². The van der Waals surface area contributed by atoms with Crippen molar-refractivity contribution in [1.82, 2.24) is 10.3 Å². The highest BCUT2D eigenvalue weighted by Crippen LogP contribution is 2.10. The fourth-order valence-corrected chi connectivity index (χ4v) is 1.29. The molecule has 0 saturated carbocycles. The largest absolute Gasteiger partial charge is 0.315 e. The monoisotopic (exact) mass is 194 g/mol. The van der Waals surface area contributed by atoms with Crippen molar-refractivity contribution in [3.8, 4) is 0 Å². The molecule has 1 aromatic rings. The van der Waals surface area contributed by atoms with Gasteiger partial charge in [0.15, 0.2) is 0 Å². The van der Waals surface area contributed by atoms with E-state index in [1.807, 2.05) is 6.07 Å². The first-order valence-electron chi connectivity index (χ1n) is 4.35. The summed E-state index contributed by atoms with van der Waals surface area (Å²) < 4.78 is 0. The van der Waals surface area contributed by atoms with Crippen molar-refractivity contribution in [3.63, 3.8) is 0 Å². The molecule has 0 amide bonds. The summed E-state index contributed by atoms with van der Waals surface area (Å²) in [6, 6.07) is 3.78. The van der Waals surface area contributed by atoms with E-state index in [2.05, 4.69) is 22.5 Å². The van der Waals surface area contributed by atoms with Crippen LogP contribution in [0.2, 0.25) is 5.15 Å². The third kappa shape index (κ3) is 2.29. The van der Waals surface area contributed by atoms with Gasteiger partial charge in [0.2, 0.25) is 0 Å². The summed E-state index contributed by atoms with van der Waals surface area (Å²) in [6.07, 6.45) is 6.08. The second-order valence-corrected chi connectivity index (χ2v) is 3.58. The Kier molecular flexibility index (Phi) is 2.62. The van der Waals surface area contributed by atoms with Crippen LogP contribution in [-0.4, -0.2) is 18.1 Å². The molecule has 0 unspecified atom stereocenters. The first kappa shape index (κ1) is 8.73. The van der Waals surface area contributed by atoms with Crippen molar-refractivity contribution in [2.45, 2.75) is 0 Å². The number of hydrogen-bond donors (Lipinski definition) is 1. The van der Waals surface area contributed by atoms with Crippen molar-refractivity contribution in [2.75, 3.05) is 13.1 Å². The maximum atomic E-state index is 5.67. The van der Waals surface area contributed by atoms with Gasteiger partial charge >= 0.3 is 0 Å². The van der Waals surface area contributed by atoms with Crippen LogP contribution in [0.3, 0.4) is 0 Å². The van der Waals surface area contributed by atoms with Gasteiger partial charge in [-0.3, -0.25) is 0 Å². The van der Waals surface area contributed by atoms with Gasteiger partial charge in [-0.2, -0.15) is 0 Å². The van der Waals surface area contributed by atoms with E-state index in [9.17, 15) is 0 Å². The minimum Gasteiger partial charge on any atom is -0.315 e. The van der Waals surface area contributed by atoms with Crippen molar-refractivity contribution in [3.05, 3.63) is 35.1 Å². The molecule has 2 heterocycles. The smallest absolute Gasteiger partial charge is 0.129 e. The van der Waals surface area contributed by atoms with E-state index in [4.69, 9.17) is 11.6 Å². The van der Waals surface area contributed by atoms with Crippen LogP contribution in [0.15, 0.2) is 24.4 Å². The zero-order valence-electron chi connectivity index (χ0n) is 7.20. The summed E-state index contributed by atoms with van der Waals surface area (Å²) in [7, 11) is 0. The van der Waals surface area contributed by atoms with Gasteiger partial charge in [-0.05, 0) is 11.6 Å². The first-order chi connectivity index (χ1) is 6.34. The number of nitrogens with zero attached hydrogens (tertiary/aromatic N) is 1. The topological polar surface area (TPSA) is 24.9 Å². The van der Waals surface area contributed by atoms with E-state index in [1.165, 1.54) is 0 Å². The first-order valence-corrected chi connectivity index (χ1v) is 4.73. The molecule has 0 spiro atoms. The summed E-state index contributed by atoms with van der Waals surface area (Å²) in [6.45, 7) is 2.19. The lowest BCUT2D eigenvalue weighted by Crippen LogP contribution is -2.40. The molecule has 68 valence electrons. The minimum absolute atomic E-state index is 0.544. The van der Waals surface area contributed by atoms with E-state index in [1.54, 1.807) is 12.3 Å². The molecule has 1 aliphatic rings. The molecule has 2 rings (SSSR count). The molecule has 1 fully saturated rings. The Bertz CT molecular complexity index is 301. The molecule has 0 bridgehead atoms. The number of hydrogen-bond acceptors (Lipinski definition) is 2. The summed E-state index contributed by atoms with van der Waals surface area (Å²) in [5, 5.41) is 3.76. The lowest BCUT2D eigenvalue weighted by molar-refractivity contribution is 0.420. The second kappa shape index (κ2) is 3.90.